The topological polar surface area (TPSA) is 66.9 Å². The van der Waals surface area contributed by atoms with Gasteiger partial charge in [0.05, 0.1) is 16.3 Å². The summed E-state index contributed by atoms with van der Waals surface area (Å²) in [5, 5.41) is 4.45. The van der Waals surface area contributed by atoms with Crippen LogP contribution in [-0.2, 0) is 6.18 Å². The minimum atomic E-state index is -4.53. The molecule has 0 aliphatic rings. The lowest BCUT2D eigenvalue weighted by Gasteiger charge is -2.11. The molecule has 0 fully saturated rings. The highest BCUT2D eigenvalue weighted by molar-refractivity contribution is 6.33. The van der Waals surface area contributed by atoms with Crippen LogP contribution in [0.25, 0.3) is 0 Å². The summed E-state index contributed by atoms with van der Waals surface area (Å²) in [5.74, 6) is 0.0121. The predicted molar refractivity (Wildman–Crippen MR) is 71.1 cm³/mol. The number of hydrogen-bond acceptors (Lipinski definition) is 3. The highest BCUT2D eigenvalue weighted by Crippen LogP contribution is 2.33. The van der Waals surface area contributed by atoms with Crippen LogP contribution in [0.5, 0.6) is 0 Å². The molecule has 2 aromatic rings. The molecule has 0 spiro atoms. The first-order valence-electron chi connectivity index (χ1n) is 5.58. The van der Waals surface area contributed by atoms with Crippen molar-refractivity contribution < 1.29 is 18.0 Å². The molecule has 2 amide bonds. The Morgan fingerprint density at radius 2 is 1.81 bits per heavy atom. The number of urea groups is 1. The summed E-state index contributed by atoms with van der Waals surface area (Å²) in [6.07, 6.45) is -1.72. The summed E-state index contributed by atoms with van der Waals surface area (Å²) in [7, 11) is 0. The molecule has 1 heterocycles. The van der Waals surface area contributed by atoms with Crippen LogP contribution < -0.4 is 10.6 Å². The highest BCUT2D eigenvalue weighted by Gasteiger charge is 2.31. The van der Waals surface area contributed by atoms with Gasteiger partial charge in [-0.1, -0.05) is 11.6 Å². The summed E-state index contributed by atoms with van der Waals surface area (Å²) in [6, 6.07) is 3.37. The number of amides is 2. The maximum atomic E-state index is 12.6. The Bertz CT molecular complexity index is 649. The summed E-state index contributed by atoms with van der Waals surface area (Å²) in [6.45, 7) is 0. The molecule has 0 saturated carbocycles. The molecule has 0 aliphatic heterocycles. The summed E-state index contributed by atoms with van der Waals surface area (Å²) in [4.78, 5) is 19.1. The Hall–Kier alpha value is -2.35. The Balaban J connectivity index is 2.14. The number of hydrogen-bond donors (Lipinski definition) is 2. The molecular formula is C12H8ClF3N4O. The van der Waals surface area contributed by atoms with Gasteiger partial charge in [0.2, 0.25) is 5.95 Å². The fraction of sp³-hybridized carbons (Fsp3) is 0.0833. The number of aromatic nitrogens is 2. The molecule has 2 rings (SSSR count). The van der Waals surface area contributed by atoms with Gasteiger partial charge in [0.15, 0.2) is 0 Å². The normalized spacial score (nSPS) is 11.0. The Morgan fingerprint density at radius 1 is 1.14 bits per heavy atom. The smallest absolute Gasteiger partial charge is 0.306 e. The second-order valence-electron chi connectivity index (χ2n) is 3.84. The second-order valence-corrected chi connectivity index (χ2v) is 4.25. The highest BCUT2D eigenvalue weighted by atomic mass is 35.5. The zero-order chi connectivity index (χ0) is 15.5. The van der Waals surface area contributed by atoms with Gasteiger partial charge < -0.3 is 5.32 Å². The van der Waals surface area contributed by atoms with Crippen molar-refractivity contribution in [3.8, 4) is 0 Å². The van der Waals surface area contributed by atoms with E-state index in [0.29, 0.717) is 0 Å². The molecule has 1 aromatic heterocycles. The van der Waals surface area contributed by atoms with Gasteiger partial charge in [-0.25, -0.2) is 14.8 Å². The molecule has 0 atom stereocenters. The number of anilines is 2. The van der Waals surface area contributed by atoms with Gasteiger partial charge in [0.25, 0.3) is 0 Å². The third kappa shape index (κ3) is 4.06. The predicted octanol–water partition coefficient (Wildman–Crippen LogP) is 3.79. The standard InChI is InChI=1S/C12H8ClF3N4O/c13-8-3-2-7(12(14,15)16)6-9(8)19-11(21)20-10-17-4-1-5-18-10/h1-6H,(H2,17,18,19,20,21). The molecule has 2 N–H and O–H groups in total. The Kier molecular flexibility index (Phi) is 4.27. The lowest BCUT2D eigenvalue weighted by molar-refractivity contribution is -0.137. The van der Waals surface area contributed by atoms with Crippen LogP contribution in [0.2, 0.25) is 5.02 Å². The van der Waals surface area contributed by atoms with Gasteiger partial charge >= 0.3 is 12.2 Å². The van der Waals surface area contributed by atoms with Crippen LogP contribution in [0.4, 0.5) is 29.6 Å². The van der Waals surface area contributed by atoms with Crippen molar-refractivity contribution in [3.05, 3.63) is 47.2 Å². The maximum Gasteiger partial charge on any atom is 0.416 e. The molecule has 0 bridgehead atoms. The van der Waals surface area contributed by atoms with Crippen LogP contribution in [0.15, 0.2) is 36.7 Å². The molecule has 21 heavy (non-hydrogen) atoms. The first-order chi connectivity index (χ1) is 9.86. The Labute approximate surface area is 122 Å². The fourth-order valence-electron chi connectivity index (χ4n) is 1.42. The molecule has 0 radical (unpaired) electrons. The van der Waals surface area contributed by atoms with Gasteiger partial charge in [-0.05, 0) is 24.3 Å². The van der Waals surface area contributed by atoms with Gasteiger partial charge in [-0.15, -0.1) is 0 Å². The van der Waals surface area contributed by atoms with Crippen molar-refractivity contribution in [1.29, 1.82) is 0 Å². The molecule has 9 heteroatoms. The molecule has 110 valence electrons. The zero-order valence-corrected chi connectivity index (χ0v) is 11.0. The molecule has 1 aromatic carbocycles. The molecule has 0 unspecified atom stereocenters. The minimum absolute atomic E-state index is 0.0121. The van der Waals surface area contributed by atoms with E-state index >= 15 is 0 Å². The second kappa shape index (κ2) is 5.96. The number of carbonyl (C=O) groups is 1. The van der Waals surface area contributed by atoms with Crippen molar-refractivity contribution in [2.75, 3.05) is 10.6 Å². The van der Waals surface area contributed by atoms with Crippen LogP contribution in [0.1, 0.15) is 5.56 Å². The third-order valence-electron chi connectivity index (χ3n) is 2.33. The fourth-order valence-corrected chi connectivity index (χ4v) is 1.58. The van der Waals surface area contributed by atoms with E-state index in [1.165, 1.54) is 12.4 Å². The van der Waals surface area contributed by atoms with Gasteiger partial charge in [0.1, 0.15) is 0 Å². The number of alkyl halides is 3. The average molecular weight is 317 g/mol. The van der Waals surface area contributed by atoms with Crippen molar-refractivity contribution >= 4 is 29.3 Å². The Morgan fingerprint density at radius 3 is 2.43 bits per heavy atom. The van der Waals surface area contributed by atoms with E-state index in [1.54, 1.807) is 6.07 Å². The first kappa shape index (κ1) is 15.0. The van der Waals surface area contributed by atoms with E-state index < -0.39 is 17.8 Å². The molecule has 5 nitrogen and oxygen atoms in total. The van der Waals surface area contributed by atoms with Crippen LogP contribution in [0.3, 0.4) is 0 Å². The van der Waals surface area contributed by atoms with E-state index in [1.807, 2.05) is 0 Å². The van der Waals surface area contributed by atoms with Crippen molar-refractivity contribution in [2.24, 2.45) is 0 Å². The number of carbonyl (C=O) groups excluding carboxylic acids is 1. The first-order valence-corrected chi connectivity index (χ1v) is 5.96. The van der Waals surface area contributed by atoms with E-state index in [0.717, 1.165) is 18.2 Å². The lowest BCUT2D eigenvalue weighted by Crippen LogP contribution is -2.21. The quantitative estimate of drug-likeness (QED) is 0.885. The van der Waals surface area contributed by atoms with Crippen LogP contribution in [0, 0.1) is 0 Å². The maximum absolute atomic E-state index is 12.6. The van der Waals surface area contributed by atoms with Crippen LogP contribution >= 0.6 is 11.6 Å². The van der Waals surface area contributed by atoms with Gasteiger partial charge in [-0.2, -0.15) is 13.2 Å². The van der Waals surface area contributed by atoms with Gasteiger partial charge in [-0.3, -0.25) is 5.32 Å². The molecule has 0 saturated heterocycles. The van der Waals surface area contributed by atoms with Crippen molar-refractivity contribution in [1.82, 2.24) is 9.97 Å². The van der Waals surface area contributed by atoms with Crippen LogP contribution in [-0.4, -0.2) is 16.0 Å². The number of halogens is 4. The SMILES string of the molecule is O=C(Nc1ncccn1)Nc1cc(C(F)(F)F)ccc1Cl. The van der Waals surface area contributed by atoms with E-state index in [4.69, 9.17) is 11.6 Å². The number of nitrogens with zero attached hydrogens (tertiary/aromatic N) is 2. The molecule has 0 aliphatic carbocycles. The van der Waals surface area contributed by atoms with Gasteiger partial charge in [0, 0.05) is 12.4 Å². The lowest BCUT2D eigenvalue weighted by atomic mass is 10.2. The minimum Gasteiger partial charge on any atom is -0.306 e. The van der Waals surface area contributed by atoms with Crippen molar-refractivity contribution in [3.63, 3.8) is 0 Å². The van der Waals surface area contributed by atoms with Crippen molar-refractivity contribution in [2.45, 2.75) is 6.18 Å². The van der Waals surface area contributed by atoms with E-state index in [-0.39, 0.29) is 16.7 Å². The van der Waals surface area contributed by atoms with E-state index in [2.05, 4.69) is 20.6 Å². The summed E-state index contributed by atoms with van der Waals surface area (Å²) < 4.78 is 37.8. The number of rotatable bonds is 2. The average Bonchev–Trinajstić information content (AvgIpc) is 2.41. The largest absolute Gasteiger partial charge is 0.416 e. The van der Waals surface area contributed by atoms with E-state index in [9.17, 15) is 18.0 Å². The number of nitrogens with one attached hydrogen (secondary N) is 2. The summed E-state index contributed by atoms with van der Waals surface area (Å²) >= 11 is 5.75. The zero-order valence-electron chi connectivity index (χ0n) is 10.3. The summed E-state index contributed by atoms with van der Waals surface area (Å²) in [5.41, 5.74) is -1.09. The molecular weight excluding hydrogens is 309 g/mol. The monoisotopic (exact) mass is 316 g/mol. The number of benzene rings is 1. The third-order valence-corrected chi connectivity index (χ3v) is 2.66.